The largest absolute Gasteiger partial charge is 0.494 e. The zero-order valence-electron chi connectivity index (χ0n) is 14.6. The summed E-state index contributed by atoms with van der Waals surface area (Å²) in [6.45, 7) is 4.91. The number of rotatable bonds is 7. The third-order valence-corrected chi connectivity index (χ3v) is 4.30. The first-order valence-corrected chi connectivity index (χ1v) is 8.45. The first-order valence-electron chi connectivity index (χ1n) is 8.07. The second-order valence-corrected chi connectivity index (χ2v) is 6.14. The Kier molecular flexibility index (Phi) is 6.79. The van der Waals surface area contributed by atoms with Gasteiger partial charge in [-0.15, -0.1) is 0 Å². The van der Waals surface area contributed by atoms with Gasteiger partial charge in [0.1, 0.15) is 0 Å². The summed E-state index contributed by atoms with van der Waals surface area (Å²) in [4.78, 5) is 14.4. The standard InChI is InChI=1S/C19H22ClFN2O2/c1-4-23(12-14-5-10-18(25-3)17(21)11-14)13(2)19(24)22-16-8-6-15(20)7-9-16/h5-11,13H,4,12H2,1-3H3,(H,22,24). The van der Waals surface area contributed by atoms with Crippen LogP contribution in [0.4, 0.5) is 10.1 Å². The maximum absolute atomic E-state index is 13.9. The number of hydrogen-bond acceptors (Lipinski definition) is 3. The summed E-state index contributed by atoms with van der Waals surface area (Å²) in [7, 11) is 1.43. The van der Waals surface area contributed by atoms with Crippen molar-refractivity contribution in [2.24, 2.45) is 0 Å². The summed E-state index contributed by atoms with van der Waals surface area (Å²) < 4.78 is 18.8. The van der Waals surface area contributed by atoms with Crippen LogP contribution in [0.5, 0.6) is 5.75 Å². The molecule has 2 rings (SSSR count). The number of methoxy groups -OCH3 is 1. The van der Waals surface area contributed by atoms with E-state index in [1.165, 1.54) is 13.2 Å². The molecule has 0 saturated carbocycles. The van der Waals surface area contributed by atoms with Crippen LogP contribution < -0.4 is 10.1 Å². The molecular weight excluding hydrogens is 343 g/mol. The third-order valence-electron chi connectivity index (χ3n) is 4.05. The molecule has 1 amide bonds. The number of likely N-dealkylation sites (N-methyl/N-ethyl adjacent to an activating group) is 1. The number of carbonyl (C=O) groups is 1. The van der Waals surface area contributed by atoms with E-state index in [4.69, 9.17) is 16.3 Å². The van der Waals surface area contributed by atoms with Crippen LogP contribution in [-0.2, 0) is 11.3 Å². The number of nitrogens with zero attached hydrogens (tertiary/aromatic N) is 1. The summed E-state index contributed by atoms with van der Waals surface area (Å²) in [5.41, 5.74) is 1.47. The zero-order valence-corrected chi connectivity index (χ0v) is 15.3. The van der Waals surface area contributed by atoms with Gasteiger partial charge >= 0.3 is 0 Å². The highest BCUT2D eigenvalue weighted by molar-refractivity contribution is 6.30. The number of halogens is 2. The van der Waals surface area contributed by atoms with Gasteiger partial charge in [-0.2, -0.15) is 0 Å². The van der Waals surface area contributed by atoms with Gasteiger partial charge in [0.25, 0.3) is 0 Å². The molecule has 0 aliphatic rings. The van der Waals surface area contributed by atoms with Crippen LogP contribution in [0.2, 0.25) is 5.02 Å². The van der Waals surface area contributed by atoms with Crippen LogP contribution >= 0.6 is 11.6 Å². The minimum absolute atomic E-state index is 0.127. The number of nitrogens with one attached hydrogen (secondary N) is 1. The second-order valence-electron chi connectivity index (χ2n) is 5.70. The van der Waals surface area contributed by atoms with Crippen molar-refractivity contribution >= 4 is 23.2 Å². The maximum atomic E-state index is 13.9. The molecule has 1 N–H and O–H groups in total. The lowest BCUT2D eigenvalue weighted by atomic mass is 10.1. The van der Waals surface area contributed by atoms with Gasteiger partial charge in [0.05, 0.1) is 13.2 Å². The Hall–Kier alpha value is -2.11. The molecule has 4 nitrogen and oxygen atoms in total. The molecule has 25 heavy (non-hydrogen) atoms. The summed E-state index contributed by atoms with van der Waals surface area (Å²) in [5.74, 6) is -0.326. The van der Waals surface area contributed by atoms with Crippen LogP contribution in [0.1, 0.15) is 19.4 Å². The molecule has 6 heteroatoms. The van der Waals surface area contributed by atoms with Crippen molar-refractivity contribution in [3.05, 3.63) is 58.9 Å². The molecule has 0 fully saturated rings. The van der Waals surface area contributed by atoms with Gasteiger partial charge < -0.3 is 10.1 Å². The number of anilines is 1. The molecule has 0 spiro atoms. The molecular formula is C19H22ClFN2O2. The first kappa shape index (κ1) is 19.2. The summed E-state index contributed by atoms with van der Waals surface area (Å²) in [5, 5.41) is 3.48. The fourth-order valence-electron chi connectivity index (χ4n) is 2.51. The van der Waals surface area contributed by atoms with E-state index >= 15 is 0 Å². The molecule has 0 aliphatic carbocycles. The Balaban J connectivity index is 2.04. The predicted molar refractivity (Wildman–Crippen MR) is 98.6 cm³/mol. The van der Waals surface area contributed by atoms with E-state index in [2.05, 4.69) is 5.32 Å². The van der Waals surface area contributed by atoms with Crippen molar-refractivity contribution in [2.45, 2.75) is 26.4 Å². The lowest BCUT2D eigenvalue weighted by molar-refractivity contribution is -0.120. The van der Waals surface area contributed by atoms with Gasteiger partial charge in [-0.05, 0) is 55.4 Å². The average Bonchev–Trinajstić information content (AvgIpc) is 2.61. The highest BCUT2D eigenvalue weighted by Gasteiger charge is 2.20. The Morgan fingerprint density at radius 1 is 1.28 bits per heavy atom. The number of hydrogen-bond donors (Lipinski definition) is 1. The molecule has 2 aromatic rings. The molecule has 0 saturated heterocycles. The Bertz CT molecular complexity index is 722. The minimum atomic E-state index is -0.408. The Labute approximate surface area is 152 Å². The molecule has 1 unspecified atom stereocenters. The topological polar surface area (TPSA) is 41.6 Å². The molecule has 0 aliphatic heterocycles. The van der Waals surface area contributed by atoms with E-state index in [1.807, 2.05) is 18.7 Å². The molecule has 1 atom stereocenters. The van der Waals surface area contributed by atoms with E-state index in [9.17, 15) is 9.18 Å². The SMILES string of the molecule is CCN(Cc1ccc(OC)c(F)c1)C(C)C(=O)Nc1ccc(Cl)cc1. The fourth-order valence-corrected chi connectivity index (χ4v) is 2.64. The Morgan fingerprint density at radius 3 is 2.52 bits per heavy atom. The van der Waals surface area contributed by atoms with Crippen molar-refractivity contribution in [3.8, 4) is 5.75 Å². The van der Waals surface area contributed by atoms with Crippen molar-refractivity contribution in [3.63, 3.8) is 0 Å². The van der Waals surface area contributed by atoms with Crippen molar-refractivity contribution in [1.82, 2.24) is 4.90 Å². The third kappa shape index (κ3) is 5.18. The maximum Gasteiger partial charge on any atom is 0.241 e. The van der Waals surface area contributed by atoms with E-state index in [-0.39, 0.29) is 17.7 Å². The van der Waals surface area contributed by atoms with Gasteiger partial charge in [-0.1, -0.05) is 24.6 Å². The average molecular weight is 365 g/mol. The van der Waals surface area contributed by atoms with Gasteiger partial charge in [-0.25, -0.2) is 4.39 Å². The van der Waals surface area contributed by atoms with E-state index < -0.39 is 5.82 Å². The van der Waals surface area contributed by atoms with Crippen LogP contribution in [0.15, 0.2) is 42.5 Å². The fraction of sp³-hybridized carbons (Fsp3) is 0.316. The van der Waals surface area contributed by atoms with Crippen molar-refractivity contribution < 1.29 is 13.9 Å². The normalized spacial score (nSPS) is 12.1. The Morgan fingerprint density at radius 2 is 1.96 bits per heavy atom. The monoisotopic (exact) mass is 364 g/mol. The van der Waals surface area contributed by atoms with E-state index in [0.29, 0.717) is 23.8 Å². The lowest BCUT2D eigenvalue weighted by Crippen LogP contribution is -2.41. The molecule has 2 aromatic carbocycles. The number of carbonyl (C=O) groups excluding carboxylic acids is 1. The van der Waals surface area contributed by atoms with Crippen LogP contribution in [-0.4, -0.2) is 30.5 Å². The van der Waals surface area contributed by atoms with E-state index in [0.717, 1.165) is 5.56 Å². The summed E-state index contributed by atoms with van der Waals surface area (Å²) >= 11 is 5.85. The number of amides is 1. The first-order chi connectivity index (χ1) is 11.9. The van der Waals surface area contributed by atoms with Crippen LogP contribution in [0.25, 0.3) is 0 Å². The lowest BCUT2D eigenvalue weighted by Gasteiger charge is -2.27. The molecule has 0 aromatic heterocycles. The van der Waals surface area contributed by atoms with E-state index in [1.54, 1.807) is 36.4 Å². The number of ether oxygens (including phenoxy) is 1. The summed E-state index contributed by atoms with van der Waals surface area (Å²) in [6.07, 6.45) is 0. The zero-order chi connectivity index (χ0) is 18.4. The molecule has 0 radical (unpaired) electrons. The van der Waals surface area contributed by atoms with Crippen molar-refractivity contribution in [2.75, 3.05) is 19.0 Å². The smallest absolute Gasteiger partial charge is 0.241 e. The van der Waals surface area contributed by atoms with Gasteiger partial charge in [0, 0.05) is 17.3 Å². The predicted octanol–water partition coefficient (Wildman–Crippen LogP) is 4.34. The molecule has 134 valence electrons. The van der Waals surface area contributed by atoms with Gasteiger partial charge in [-0.3, -0.25) is 9.69 Å². The highest BCUT2D eigenvalue weighted by atomic mass is 35.5. The molecule has 0 bridgehead atoms. The highest BCUT2D eigenvalue weighted by Crippen LogP contribution is 2.20. The van der Waals surface area contributed by atoms with Crippen LogP contribution in [0.3, 0.4) is 0 Å². The second kappa shape index (κ2) is 8.83. The molecule has 0 heterocycles. The van der Waals surface area contributed by atoms with Crippen LogP contribution in [0, 0.1) is 5.82 Å². The van der Waals surface area contributed by atoms with Gasteiger partial charge in [0.15, 0.2) is 11.6 Å². The number of benzene rings is 2. The summed E-state index contributed by atoms with van der Waals surface area (Å²) in [6, 6.07) is 11.4. The van der Waals surface area contributed by atoms with Gasteiger partial charge in [0.2, 0.25) is 5.91 Å². The minimum Gasteiger partial charge on any atom is -0.494 e. The quantitative estimate of drug-likeness (QED) is 0.794. The van der Waals surface area contributed by atoms with Crippen molar-refractivity contribution in [1.29, 1.82) is 0 Å².